The molecule has 50 valence electrons. The highest BCUT2D eigenvalue weighted by Crippen LogP contribution is 2.12. The number of fused-ring (bicyclic) bond motifs is 1. The third-order valence-corrected chi connectivity index (χ3v) is 1.63. The molecule has 0 bridgehead atoms. The van der Waals surface area contributed by atoms with Gasteiger partial charge in [-0.2, -0.15) is 0 Å². The predicted octanol–water partition coefficient (Wildman–Crippen LogP) is 0.718. The molecule has 0 aromatic carbocycles. The Kier molecular flexibility index (Phi) is 1.03. The third-order valence-electron chi connectivity index (χ3n) is 1.63. The largest absolute Gasteiger partial charge is 0.286 e. The second-order valence-corrected chi connectivity index (χ2v) is 2.29. The summed E-state index contributed by atoms with van der Waals surface area (Å²) >= 11 is 0. The van der Waals surface area contributed by atoms with Crippen molar-refractivity contribution >= 4 is 6.21 Å². The van der Waals surface area contributed by atoms with Crippen LogP contribution in [0.1, 0.15) is 17.0 Å². The van der Waals surface area contributed by atoms with Crippen molar-refractivity contribution in [3.8, 4) is 0 Å². The fourth-order valence-electron chi connectivity index (χ4n) is 1.05. The predicted molar refractivity (Wildman–Crippen MR) is 38.1 cm³/mol. The van der Waals surface area contributed by atoms with Gasteiger partial charge in [0.1, 0.15) is 6.33 Å². The molecule has 1 aromatic heterocycles. The molecule has 0 aliphatic carbocycles. The highest BCUT2D eigenvalue weighted by molar-refractivity contribution is 5.84. The molecule has 0 saturated carbocycles. The summed E-state index contributed by atoms with van der Waals surface area (Å²) in [4.78, 5) is 12.2. The van der Waals surface area contributed by atoms with Crippen LogP contribution in [0, 0.1) is 6.92 Å². The maximum absolute atomic E-state index is 4.08. The van der Waals surface area contributed by atoms with E-state index in [0.717, 1.165) is 23.5 Å². The van der Waals surface area contributed by atoms with Crippen molar-refractivity contribution in [2.75, 3.05) is 0 Å². The number of rotatable bonds is 0. The Bertz CT molecular complexity index is 291. The molecule has 0 atom stereocenters. The second-order valence-electron chi connectivity index (χ2n) is 2.29. The summed E-state index contributed by atoms with van der Waals surface area (Å²) < 4.78 is 0. The Morgan fingerprint density at radius 2 is 2.30 bits per heavy atom. The average Bonchev–Trinajstić information content (AvgIpc) is 2.36. The Labute approximate surface area is 58.9 Å². The van der Waals surface area contributed by atoms with Crippen molar-refractivity contribution in [1.82, 2.24) is 9.97 Å². The van der Waals surface area contributed by atoms with E-state index in [1.165, 1.54) is 0 Å². The standard InChI is InChI=1S/C7H7N3/c1-5-6-2-8-3-7(6)10-4-9-5/h2,4H,3H2,1H3. The molecule has 3 heteroatoms. The first-order chi connectivity index (χ1) is 4.88. The monoisotopic (exact) mass is 133 g/mol. The van der Waals surface area contributed by atoms with Gasteiger partial charge >= 0.3 is 0 Å². The van der Waals surface area contributed by atoms with Gasteiger partial charge in [-0.1, -0.05) is 0 Å². The van der Waals surface area contributed by atoms with Gasteiger partial charge in [-0.3, -0.25) is 4.99 Å². The lowest BCUT2D eigenvalue weighted by atomic mass is 10.2. The average molecular weight is 133 g/mol. The minimum Gasteiger partial charge on any atom is -0.286 e. The number of hydrogen-bond acceptors (Lipinski definition) is 3. The summed E-state index contributed by atoms with van der Waals surface area (Å²) in [5.74, 6) is 0. The Morgan fingerprint density at radius 3 is 3.10 bits per heavy atom. The molecule has 0 N–H and O–H groups in total. The maximum Gasteiger partial charge on any atom is 0.116 e. The maximum atomic E-state index is 4.08. The van der Waals surface area contributed by atoms with E-state index in [2.05, 4.69) is 15.0 Å². The van der Waals surface area contributed by atoms with E-state index in [4.69, 9.17) is 0 Å². The molecule has 0 saturated heterocycles. The van der Waals surface area contributed by atoms with Gasteiger partial charge in [-0.25, -0.2) is 9.97 Å². The van der Waals surface area contributed by atoms with Gasteiger partial charge in [-0.05, 0) is 6.92 Å². The van der Waals surface area contributed by atoms with E-state index in [-0.39, 0.29) is 0 Å². The van der Waals surface area contributed by atoms with Gasteiger partial charge in [0.05, 0.1) is 12.2 Å². The van der Waals surface area contributed by atoms with Gasteiger partial charge in [0.25, 0.3) is 0 Å². The zero-order valence-corrected chi connectivity index (χ0v) is 5.70. The van der Waals surface area contributed by atoms with E-state index in [9.17, 15) is 0 Å². The summed E-state index contributed by atoms with van der Waals surface area (Å²) in [5, 5.41) is 0. The molecule has 1 aliphatic rings. The zero-order chi connectivity index (χ0) is 6.97. The Hall–Kier alpha value is -1.25. The molecule has 0 amide bonds. The normalized spacial score (nSPS) is 13.7. The third kappa shape index (κ3) is 0.635. The molecule has 3 nitrogen and oxygen atoms in total. The molecule has 10 heavy (non-hydrogen) atoms. The lowest BCUT2D eigenvalue weighted by Crippen LogP contribution is -1.95. The molecular formula is C7H7N3. The van der Waals surface area contributed by atoms with Crippen molar-refractivity contribution in [1.29, 1.82) is 0 Å². The van der Waals surface area contributed by atoms with E-state index in [0.29, 0.717) is 0 Å². The lowest BCUT2D eigenvalue weighted by molar-refractivity contribution is 0.975. The zero-order valence-electron chi connectivity index (χ0n) is 5.70. The van der Waals surface area contributed by atoms with Gasteiger partial charge in [0.15, 0.2) is 0 Å². The fourth-order valence-corrected chi connectivity index (χ4v) is 1.05. The van der Waals surface area contributed by atoms with Crippen molar-refractivity contribution in [2.45, 2.75) is 13.5 Å². The van der Waals surface area contributed by atoms with Crippen LogP contribution in [0.3, 0.4) is 0 Å². The first-order valence-corrected chi connectivity index (χ1v) is 3.18. The van der Waals surface area contributed by atoms with Crippen LogP contribution >= 0.6 is 0 Å². The molecule has 2 heterocycles. The number of hydrogen-bond donors (Lipinski definition) is 0. The van der Waals surface area contributed by atoms with Crippen LogP contribution in [0.15, 0.2) is 11.3 Å². The van der Waals surface area contributed by atoms with E-state index in [1.54, 1.807) is 6.33 Å². The smallest absolute Gasteiger partial charge is 0.116 e. The quantitative estimate of drug-likeness (QED) is 0.523. The van der Waals surface area contributed by atoms with Crippen LogP contribution in [0.5, 0.6) is 0 Å². The molecule has 0 radical (unpaired) electrons. The highest BCUT2D eigenvalue weighted by atomic mass is 14.9. The summed E-state index contributed by atoms with van der Waals surface area (Å²) in [7, 11) is 0. The number of nitrogens with zero attached hydrogens (tertiary/aromatic N) is 3. The van der Waals surface area contributed by atoms with Gasteiger partial charge in [0.2, 0.25) is 0 Å². The molecule has 1 aromatic rings. The fraction of sp³-hybridized carbons (Fsp3) is 0.286. The number of aryl methyl sites for hydroxylation is 1. The van der Waals surface area contributed by atoms with Crippen molar-refractivity contribution in [3.63, 3.8) is 0 Å². The van der Waals surface area contributed by atoms with Crippen LogP contribution in [0.25, 0.3) is 0 Å². The highest BCUT2D eigenvalue weighted by Gasteiger charge is 2.08. The van der Waals surface area contributed by atoms with Gasteiger partial charge in [0, 0.05) is 17.5 Å². The summed E-state index contributed by atoms with van der Waals surface area (Å²) in [6.07, 6.45) is 3.42. The molecule has 0 unspecified atom stereocenters. The van der Waals surface area contributed by atoms with Crippen LogP contribution in [-0.2, 0) is 6.54 Å². The van der Waals surface area contributed by atoms with Crippen LogP contribution in [0.2, 0.25) is 0 Å². The number of aliphatic imine (C=N–C) groups is 1. The summed E-state index contributed by atoms with van der Waals surface area (Å²) in [6.45, 7) is 2.69. The van der Waals surface area contributed by atoms with E-state index in [1.807, 2.05) is 13.1 Å². The van der Waals surface area contributed by atoms with Crippen LogP contribution in [0.4, 0.5) is 0 Å². The van der Waals surface area contributed by atoms with Crippen molar-refractivity contribution < 1.29 is 0 Å². The molecule has 0 fully saturated rings. The second kappa shape index (κ2) is 1.87. The van der Waals surface area contributed by atoms with Crippen molar-refractivity contribution in [2.24, 2.45) is 4.99 Å². The van der Waals surface area contributed by atoms with E-state index < -0.39 is 0 Å². The summed E-state index contributed by atoms with van der Waals surface area (Å²) in [6, 6.07) is 0. The first kappa shape index (κ1) is 5.53. The SMILES string of the molecule is Cc1ncnc2c1C=NC2. The Balaban J connectivity index is 2.67. The van der Waals surface area contributed by atoms with Gasteiger partial charge < -0.3 is 0 Å². The minimum absolute atomic E-state index is 0.721. The summed E-state index contributed by atoms with van der Waals surface area (Å²) in [5.41, 5.74) is 3.17. The number of aromatic nitrogens is 2. The molecular weight excluding hydrogens is 126 g/mol. The van der Waals surface area contributed by atoms with Crippen LogP contribution < -0.4 is 0 Å². The van der Waals surface area contributed by atoms with Crippen LogP contribution in [-0.4, -0.2) is 16.2 Å². The van der Waals surface area contributed by atoms with Crippen molar-refractivity contribution in [3.05, 3.63) is 23.3 Å². The Morgan fingerprint density at radius 1 is 1.40 bits per heavy atom. The first-order valence-electron chi connectivity index (χ1n) is 3.18. The topological polar surface area (TPSA) is 38.1 Å². The molecule has 0 spiro atoms. The molecule has 1 aliphatic heterocycles. The minimum atomic E-state index is 0.721. The molecule has 2 rings (SSSR count). The van der Waals surface area contributed by atoms with E-state index >= 15 is 0 Å². The van der Waals surface area contributed by atoms with Gasteiger partial charge in [-0.15, -0.1) is 0 Å². The lowest BCUT2D eigenvalue weighted by Gasteiger charge is -1.96.